The highest BCUT2D eigenvalue weighted by atomic mass is 32.2. The zero-order chi connectivity index (χ0) is 25.4. The third kappa shape index (κ3) is 4.54. The highest BCUT2D eigenvalue weighted by molar-refractivity contribution is 7.99. The van der Waals surface area contributed by atoms with Gasteiger partial charge in [-0.05, 0) is 48.9 Å². The van der Waals surface area contributed by atoms with Gasteiger partial charge >= 0.3 is 0 Å². The van der Waals surface area contributed by atoms with Crippen molar-refractivity contribution in [2.75, 3.05) is 14.1 Å². The van der Waals surface area contributed by atoms with Crippen molar-refractivity contribution < 1.29 is 8.42 Å². The van der Waals surface area contributed by atoms with Gasteiger partial charge in [0, 0.05) is 31.6 Å². The van der Waals surface area contributed by atoms with Crippen LogP contribution in [0.4, 0.5) is 0 Å². The van der Waals surface area contributed by atoms with Gasteiger partial charge in [0.15, 0.2) is 5.16 Å². The van der Waals surface area contributed by atoms with E-state index in [-0.39, 0.29) is 4.90 Å². The molecule has 0 saturated carbocycles. The fourth-order valence-corrected chi connectivity index (χ4v) is 6.95. The summed E-state index contributed by atoms with van der Waals surface area (Å²) in [5.41, 5.74) is 5.02. The lowest BCUT2D eigenvalue weighted by atomic mass is 10.1. The average molecular weight is 538 g/mol. The van der Waals surface area contributed by atoms with E-state index in [2.05, 4.69) is 58.0 Å². The van der Waals surface area contributed by atoms with Crippen LogP contribution in [0, 0.1) is 6.92 Å². The number of hydrogen-bond donors (Lipinski definition) is 0. The lowest BCUT2D eigenvalue weighted by Gasteiger charge is -2.11. The minimum Gasteiger partial charge on any atom is -0.319 e. The van der Waals surface area contributed by atoms with Crippen LogP contribution in [0.5, 0.6) is 0 Å². The topological polar surface area (TPSA) is 81.0 Å². The van der Waals surface area contributed by atoms with E-state index in [4.69, 9.17) is 4.98 Å². The molecule has 3 heterocycles. The van der Waals surface area contributed by atoms with Gasteiger partial charge in [-0.15, -0.1) is 11.3 Å². The number of thiophene rings is 1. The Morgan fingerprint density at radius 3 is 2.58 bits per heavy atom. The molecule has 2 aromatic carbocycles. The van der Waals surface area contributed by atoms with E-state index < -0.39 is 10.0 Å². The molecule has 36 heavy (non-hydrogen) atoms. The third-order valence-corrected chi connectivity index (χ3v) is 9.78. The van der Waals surface area contributed by atoms with Crippen LogP contribution in [0.25, 0.3) is 32.4 Å². The molecule has 10 heteroatoms. The molecule has 0 aliphatic rings. The minimum absolute atomic E-state index is 0.237. The largest absolute Gasteiger partial charge is 0.319 e. The highest BCUT2D eigenvalue weighted by Gasteiger charge is 2.21. The SMILES string of the molecule is CCCCn1c(Sc2ncnc3scc(-c4ccc(C)cc4)c23)nc2cc(S(=O)(=O)N(C)C)ccc21. The van der Waals surface area contributed by atoms with Crippen LogP contribution >= 0.6 is 23.1 Å². The smallest absolute Gasteiger partial charge is 0.242 e. The van der Waals surface area contributed by atoms with E-state index in [1.54, 1.807) is 29.8 Å². The number of hydrogen-bond acceptors (Lipinski definition) is 7. The number of nitrogens with zero attached hydrogens (tertiary/aromatic N) is 5. The monoisotopic (exact) mass is 537 g/mol. The van der Waals surface area contributed by atoms with Gasteiger partial charge in [0.25, 0.3) is 0 Å². The summed E-state index contributed by atoms with van der Waals surface area (Å²) in [6.45, 7) is 5.02. The number of aryl methyl sites for hydroxylation is 2. The number of sulfonamides is 1. The first-order valence-electron chi connectivity index (χ1n) is 11.7. The molecule has 0 spiro atoms. The molecule has 0 unspecified atom stereocenters. The van der Waals surface area contributed by atoms with Crippen molar-refractivity contribution in [1.82, 2.24) is 23.8 Å². The second kappa shape index (κ2) is 9.93. The Kier molecular flexibility index (Phi) is 6.86. The maximum absolute atomic E-state index is 12.7. The highest BCUT2D eigenvalue weighted by Crippen LogP contribution is 2.40. The molecular weight excluding hydrogens is 511 g/mol. The van der Waals surface area contributed by atoms with Crippen LogP contribution in [0.2, 0.25) is 0 Å². The Morgan fingerprint density at radius 2 is 1.86 bits per heavy atom. The Balaban J connectivity index is 1.63. The van der Waals surface area contributed by atoms with Crippen LogP contribution in [0.3, 0.4) is 0 Å². The average Bonchev–Trinajstić information content (AvgIpc) is 3.44. The van der Waals surface area contributed by atoms with Crippen LogP contribution in [-0.2, 0) is 16.6 Å². The van der Waals surface area contributed by atoms with Gasteiger partial charge in [-0.3, -0.25) is 0 Å². The number of benzene rings is 2. The van der Waals surface area contributed by atoms with Crippen LogP contribution < -0.4 is 0 Å². The maximum Gasteiger partial charge on any atom is 0.242 e. The van der Waals surface area contributed by atoms with Crippen LogP contribution in [-0.4, -0.2) is 46.3 Å². The normalized spacial score (nSPS) is 12.2. The van der Waals surface area contributed by atoms with Gasteiger partial charge in [-0.2, -0.15) is 0 Å². The first-order chi connectivity index (χ1) is 17.3. The maximum atomic E-state index is 12.7. The van der Waals surface area contributed by atoms with Crippen molar-refractivity contribution in [3.63, 3.8) is 0 Å². The van der Waals surface area contributed by atoms with Crippen molar-refractivity contribution >= 4 is 54.4 Å². The predicted octanol–water partition coefficient (Wildman–Crippen LogP) is 6.22. The molecule has 0 aliphatic carbocycles. The van der Waals surface area contributed by atoms with Crippen molar-refractivity contribution in [2.45, 2.75) is 48.3 Å². The Morgan fingerprint density at radius 1 is 1.08 bits per heavy atom. The zero-order valence-electron chi connectivity index (χ0n) is 20.6. The summed E-state index contributed by atoms with van der Waals surface area (Å²) in [4.78, 5) is 15.2. The van der Waals surface area contributed by atoms with Crippen molar-refractivity contribution in [1.29, 1.82) is 0 Å². The van der Waals surface area contributed by atoms with E-state index in [1.807, 2.05) is 6.07 Å². The number of rotatable bonds is 8. The van der Waals surface area contributed by atoms with Gasteiger partial charge in [0.05, 0.1) is 21.3 Å². The number of imidazole rings is 1. The summed E-state index contributed by atoms with van der Waals surface area (Å²) in [5, 5.41) is 4.78. The van der Waals surface area contributed by atoms with Gasteiger partial charge in [0.2, 0.25) is 10.0 Å². The van der Waals surface area contributed by atoms with E-state index in [0.29, 0.717) is 5.52 Å². The molecule has 186 valence electrons. The standard InChI is InChI=1S/C26H27N5O2S3/c1-5-6-13-31-22-12-11-19(36(32,33)30(3)4)14-21(22)29-26(31)35-25-23-20(15-34-24(23)27-16-28-25)18-9-7-17(2)8-10-18/h7-12,14-16H,5-6,13H2,1-4H3. The summed E-state index contributed by atoms with van der Waals surface area (Å²) in [7, 11) is -0.480. The Labute approximate surface area is 219 Å². The summed E-state index contributed by atoms with van der Waals surface area (Å²) in [6.07, 6.45) is 3.63. The molecule has 0 radical (unpaired) electrons. The molecule has 3 aromatic heterocycles. The molecule has 0 aliphatic heterocycles. The molecule has 0 amide bonds. The summed E-state index contributed by atoms with van der Waals surface area (Å²) in [6, 6.07) is 13.7. The number of unbranched alkanes of at least 4 members (excludes halogenated alkanes) is 1. The second-order valence-corrected chi connectivity index (χ2v) is 12.8. The molecule has 5 aromatic rings. The van der Waals surface area contributed by atoms with Gasteiger partial charge in [-0.25, -0.2) is 27.7 Å². The third-order valence-electron chi connectivity index (χ3n) is 6.08. The molecule has 7 nitrogen and oxygen atoms in total. The number of aromatic nitrogens is 4. The zero-order valence-corrected chi connectivity index (χ0v) is 23.0. The fourth-order valence-electron chi connectivity index (χ4n) is 4.03. The lowest BCUT2D eigenvalue weighted by Crippen LogP contribution is -2.22. The predicted molar refractivity (Wildman–Crippen MR) is 147 cm³/mol. The van der Waals surface area contributed by atoms with Gasteiger partial charge in [-0.1, -0.05) is 43.2 Å². The van der Waals surface area contributed by atoms with E-state index in [9.17, 15) is 8.42 Å². The Bertz CT molecular complexity index is 1650. The molecule has 0 fully saturated rings. The van der Waals surface area contributed by atoms with Crippen molar-refractivity contribution in [2.24, 2.45) is 0 Å². The molecule has 0 atom stereocenters. The van der Waals surface area contributed by atoms with Crippen molar-refractivity contribution in [3.05, 3.63) is 59.7 Å². The van der Waals surface area contributed by atoms with Crippen molar-refractivity contribution in [3.8, 4) is 11.1 Å². The summed E-state index contributed by atoms with van der Waals surface area (Å²) < 4.78 is 28.8. The van der Waals surface area contributed by atoms with Gasteiger partial charge < -0.3 is 4.57 Å². The van der Waals surface area contributed by atoms with Crippen LogP contribution in [0.15, 0.2) is 69.2 Å². The van der Waals surface area contributed by atoms with Crippen LogP contribution in [0.1, 0.15) is 25.3 Å². The number of fused-ring (bicyclic) bond motifs is 2. The quantitative estimate of drug-likeness (QED) is 0.219. The molecule has 5 rings (SSSR count). The van der Waals surface area contributed by atoms with E-state index in [1.165, 1.54) is 35.7 Å². The molecular formula is C26H27N5O2S3. The first kappa shape index (κ1) is 24.9. The van der Waals surface area contributed by atoms with Gasteiger partial charge in [0.1, 0.15) is 16.2 Å². The van der Waals surface area contributed by atoms with E-state index >= 15 is 0 Å². The van der Waals surface area contributed by atoms with E-state index in [0.717, 1.165) is 56.4 Å². The second-order valence-electron chi connectivity index (χ2n) is 8.81. The first-order valence-corrected chi connectivity index (χ1v) is 14.8. The molecule has 0 N–H and O–H groups in total. The summed E-state index contributed by atoms with van der Waals surface area (Å²) >= 11 is 3.11. The molecule has 0 bridgehead atoms. The fraction of sp³-hybridized carbons (Fsp3) is 0.269. The minimum atomic E-state index is -3.55. The summed E-state index contributed by atoms with van der Waals surface area (Å²) in [5.74, 6) is 0. The molecule has 0 saturated heterocycles. The lowest BCUT2D eigenvalue weighted by molar-refractivity contribution is 0.521. The Hall–Kier alpha value is -2.79.